The Bertz CT molecular complexity index is 595. The first kappa shape index (κ1) is 17.1. The monoisotopic (exact) mass is 312 g/mol. The zero-order valence-electron chi connectivity index (χ0n) is 11.0. The lowest BCUT2D eigenvalue weighted by Crippen LogP contribution is -2.55. The molecule has 0 aliphatic rings. The van der Waals surface area contributed by atoms with Crippen molar-refractivity contribution in [3.05, 3.63) is 30.3 Å². The maximum absolute atomic E-state index is 11.9. The van der Waals surface area contributed by atoms with Crippen molar-refractivity contribution in [3.8, 4) is 5.75 Å². The highest BCUT2D eigenvalue weighted by molar-refractivity contribution is 6.03. The van der Waals surface area contributed by atoms with E-state index in [2.05, 4.69) is 4.74 Å². The van der Waals surface area contributed by atoms with Gasteiger partial charge < -0.3 is 25.2 Å². The van der Waals surface area contributed by atoms with Crippen LogP contribution in [0.1, 0.15) is 6.42 Å². The Morgan fingerprint density at radius 3 is 2.00 bits per heavy atom. The normalized spacial score (nSPS) is 14.4. The number of carboxylic acids is 3. The minimum Gasteiger partial charge on any atom is -0.481 e. The van der Waals surface area contributed by atoms with Crippen molar-refractivity contribution in [2.75, 3.05) is 0 Å². The molecule has 118 valence electrons. The predicted molar refractivity (Wildman–Crippen MR) is 68.0 cm³/mol. The van der Waals surface area contributed by atoms with Gasteiger partial charge in [0, 0.05) is 0 Å². The van der Waals surface area contributed by atoms with Gasteiger partial charge in [-0.1, -0.05) is 18.2 Å². The Morgan fingerprint density at radius 1 is 1.05 bits per heavy atom. The minimum atomic E-state index is -3.34. The van der Waals surface area contributed by atoms with Crippen molar-refractivity contribution in [2.45, 2.75) is 12.0 Å². The van der Waals surface area contributed by atoms with Gasteiger partial charge in [-0.3, -0.25) is 14.4 Å². The summed E-state index contributed by atoms with van der Waals surface area (Å²) in [5.74, 6) is -10.3. The lowest BCUT2D eigenvalue weighted by molar-refractivity contribution is -0.184. The minimum absolute atomic E-state index is 0.0817. The fraction of sp³-hybridized carbons (Fsp3) is 0.231. The third-order valence-corrected chi connectivity index (χ3v) is 2.71. The van der Waals surface area contributed by atoms with Crippen LogP contribution < -0.4 is 4.74 Å². The summed E-state index contributed by atoms with van der Waals surface area (Å²) in [5, 5.41) is 36.4. The van der Waals surface area contributed by atoms with Gasteiger partial charge in [0.1, 0.15) is 5.75 Å². The molecule has 0 aliphatic carbocycles. The Hall–Kier alpha value is -2.94. The molecule has 0 bridgehead atoms. The topological polar surface area (TPSA) is 158 Å². The van der Waals surface area contributed by atoms with Gasteiger partial charge in [-0.25, -0.2) is 4.79 Å². The third kappa shape index (κ3) is 3.79. The molecular weight excluding hydrogens is 300 g/mol. The Kier molecular flexibility index (Phi) is 5.19. The number of rotatable bonds is 7. The van der Waals surface area contributed by atoms with Gasteiger partial charge in [0.15, 0.2) is 11.5 Å². The standard InChI is InChI=1S/C13H12O9/c14-8(15)6-13(21,12(19)20)9(10(16)17)11(18)22-7-4-2-1-3-5-7/h1-5,9,21H,6H2,(H,14,15)(H,16,17)(H,19,20). The average Bonchev–Trinajstić information content (AvgIpc) is 2.38. The summed E-state index contributed by atoms with van der Waals surface area (Å²) in [6.45, 7) is 0. The van der Waals surface area contributed by atoms with Crippen LogP contribution in [0.4, 0.5) is 0 Å². The fourth-order valence-corrected chi connectivity index (χ4v) is 1.70. The Balaban J connectivity index is 3.15. The van der Waals surface area contributed by atoms with Gasteiger partial charge in [-0.05, 0) is 12.1 Å². The first-order chi connectivity index (χ1) is 10.2. The summed E-state index contributed by atoms with van der Waals surface area (Å²) < 4.78 is 4.68. The van der Waals surface area contributed by atoms with Crippen LogP contribution in [-0.4, -0.2) is 49.9 Å². The van der Waals surface area contributed by atoms with E-state index in [1.54, 1.807) is 6.07 Å². The molecule has 9 nitrogen and oxygen atoms in total. The highest BCUT2D eigenvalue weighted by atomic mass is 16.5. The molecule has 1 aromatic carbocycles. The molecule has 0 heterocycles. The van der Waals surface area contributed by atoms with E-state index in [4.69, 9.17) is 15.3 Å². The highest BCUT2D eigenvalue weighted by Crippen LogP contribution is 2.25. The van der Waals surface area contributed by atoms with Crippen LogP contribution in [0.2, 0.25) is 0 Å². The smallest absolute Gasteiger partial charge is 0.337 e. The van der Waals surface area contributed by atoms with Gasteiger partial charge in [-0.15, -0.1) is 0 Å². The molecule has 4 N–H and O–H groups in total. The van der Waals surface area contributed by atoms with Gasteiger partial charge in [0.25, 0.3) is 0 Å². The molecule has 1 aromatic rings. The second kappa shape index (κ2) is 6.68. The molecule has 0 amide bonds. The SMILES string of the molecule is O=C(O)CC(O)(C(=O)O)C(C(=O)O)C(=O)Oc1ccccc1. The number of carbonyl (C=O) groups is 4. The molecule has 9 heteroatoms. The molecule has 0 aliphatic heterocycles. The summed E-state index contributed by atoms with van der Waals surface area (Å²) in [4.78, 5) is 44.7. The quantitative estimate of drug-likeness (QED) is 0.298. The van der Waals surface area contributed by atoms with Gasteiger partial charge in [0.2, 0.25) is 0 Å². The highest BCUT2D eigenvalue weighted by Gasteiger charge is 2.55. The predicted octanol–water partition coefficient (Wildman–Crippen LogP) is -0.417. The summed E-state index contributed by atoms with van der Waals surface area (Å²) >= 11 is 0. The lowest BCUT2D eigenvalue weighted by Gasteiger charge is -2.26. The van der Waals surface area contributed by atoms with E-state index in [1.165, 1.54) is 24.3 Å². The second-order valence-corrected chi connectivity index (χ2v) is 4.31. The number of ether oxygens (including phenoxy) is 1. The molecule has 0 saturated heterocycles. The second-order valence-electron chi connectivity index (χ2n) is 4.31. The Morgan fingerprint density at radius 2 is 1.59 bits per heavy atom. The van der Waals surface area contributed by atoms with Crippen LogP contribution in [0, 0.1) is 5.92 Å². The lowest BCUT2D eigenvalue weighted by atomic mass is 9.84. The van der Waals surface area contributed by atoms with E-state index >= 15 is 0 Å². The maximum atomic E-state index is 11.9. The zero-order chi connectivity index (χ0) is 16.9. The van der Waals surface area contributed by atoms with Crippen LogP contribution in [0.5, 0.6) is 5.75 Å². The molecule has 2 atom stereocenters. The van der Waals surface area contributed by atoms with Crippen molar-refractivity contribution in [1.82, 2.24) is 0 Å². The van der Waals surface area contributed by atoms with E-state index in [1.807, 2.05) is 0 Å². The summed E-state index contributed by atoms with van der Waals surface area (Å²) in [6.07, 6.45) is -1.48. The van der Waals surface area contributed by atoms with Crippen LogP contribution >= 0.6 is 0 Å². The van der Waals surface area contributed by atoms with Crippen molar-refractivity contribution in [3.63, 3.8) is 0 Å². The number of carbonyl (C=O) groups excluding carboxylic acids is 1. The van der Waals surface area contributed by atoms with E-state index in [9.17, 15) is 24.3 Å². The summed E-state index contributed by atoms with van der Waals surface area (Å²) in [7, 11) is 0. The third-order valence-electron chi connectivity index (χ3n) is 2.71. The van der Waals surface area contributed by atoms with Crippen molar-refractivity contribution in [2.24, 2.45) is 5.92 Å². The summed E-state index contributed by atoms with van der Waals surface area (Å²) in [5.41, 5.74) is -3.34. The number of carboxylic acid groups (broad SMARTS) is 3. The molecule has 0 spiro atoms. The van der Waals surface area contributed by atoms with E-state index in [0.717, 1.165) is 0 Å². The number of esters is 1. The first-order valence-corrected chi connectivity index (χ1v) is 5.85. The molecular formula is C13H12O9. The van der Waals surface area contributed by atoms with E-state index in [-0.39, 0.29) is 5.75 Å². The maximum Gasteiger partial charge on any atom is 0.337 e. The number of benzene rings is 1. The van der Waals surface area contributed by atoms with Crippen LogP contribution in [0.25, 0.3) is 0 Å². The number of aliphatic hydroxyl groups is 1. The van der Waals surface area contributed by atoms with Crippen molar-refractivity contribution < 1.29 is 44.3 Å². The number of hydrogen-bond acceptors (Lipinski definition) is 6. The summed E-state index contributed by atoms with van der Waals surface area (Å²) in [6, 6.07) is 7.13. The van der Waals surface area contributed by atoms with Crippen LogP contribution in [0.3, 0.4) is 0 Å². The number of para-hydroxylation sites is 1. The van der Waals surface area contributed by atoms with Crippen molar-refractivity contribution in [1.29, 1.82) is 0 Å². The molecule has 0 fully saturated rings. The molecule has 0 aromatic heterocycles. The molecule has 2 unspecified atom stereocenters. The first-order valence-electron chi connectivity index (χ1n) is 5.85. The number of hydrogen-bond donors (Lipinski definition) is 4. The molecule has 22 heavy (non-hydrogen) atoms. The Labute approximate surface area is 123 Å². The number of aliphatic carboxylic acids is 3. The molecule has 1 rings (SSSR count). The van der Waals surface area contributed by atoms with Crippen molar-refractivity contribution >= 4 is 23.9 Å². The van der Waals surface area contributed by atoms with E-state index < -0.39 is 41.8 Å². The van der Waals surface area contributed by atoms with Gasteiger partial charge in [0.05, 0.1) is 6.42 Å². The van der Waals surface area contributed by atoms with Gasteiger partial charge in [-0.2, -0.15) is 0 Å². The fourth-order valence-electron chi connectivity index (χ4n) is 1.70. The van der Waals surface area contributed by atoms with Crippen LogP contribution in [-0.2, 0) is 19.2 Å². The average molecular weight is 312 g/mol. The van der Waals surface area contributed by atoms with Gasteiger partial charge >= 0.3 is 23.9 Å². The molecule has 0 radical (unpaired) electrons. The zero-order valence-corrected chi connectivity index (χ0v) is 11.0. The molecule has 0 saturated carbocycles. The largest absolute Gasteiger partial charge is 0.481 e. The van der Waals surface area contributed by atoms with E-state index in [0.29, 0.717) is 0 Å². The van der Waals surface area contributed by atoms with Crippen LogP contribution in [0.15, 0.2) is 30.3 Å².